The molecule has 0 saturated carbocycles. The van der Waals surface area contributed by atoms with Crippen molar-refractivity contribution in [2.24, 2.45) is 13.0 Å². The predicted octanol–water partition coefficient (Wildman–Crippen LogP) is 1.01. The predicted molar refractivity (Wildman–Crippen MR) is 104 cm³/mol. The largest absolute Gasteiger partial charge is 0.350 e. The summed E-state index contributed by atoms with van der Waals surface area (Å²) < 4.78 is 2.22. The van der Waals surface area contributed by atoms with Gasteiger partial charge >= 0.3 is 0 Å². The molecule has 1 saturated heterocycles. The fourth-order valence-electron chi connectivity index (χ4n) is 5.10. The molecular formula is C21H24N4O2. The van der Waals surface area contributed by atoms with Crippen LogP contribution in [0.4, 0.5) is 0 Å². The zero-order chi connectivity index (χ0) is 18.7. The summed E-state index contributed by atoms with van der Waals surface area (Å²) in [5.74, 6) is -0.0879. The quantitative estimate of drug-likeness (QED) is 0.808. The van der Waals surface area contributed by atoms with Gasteiger partial charge in [0.05, 0.1) is 13.1 Å². The summed E-state index contributed by atoms with van der Waals surface area (Å²) in [5.41, 5.74) is 5.44. The van der Waals surface area contributed by atoms with Crippen molar-refractivity contribution in [1.29, 1.82) is 0 Å². The number of nitrogens with zero attached hydrogens (tertiary/aromatic N) is 3. The summed E-state index contributed by atoms with van der Waals surface area (Å²) in [4.78, 5) is 27.8. The van der Waals surface area contributed by atoms with Crippen LogP contribution in [0.25, 0.3) is 16.5 Å². The number of aromatic nitrogens is 1. The normalized spacial score (nSPS) is 26.1. The molecule has 140 valence electrons. The molecule has 6 nitrogen and oxygen atoms in total. The number of amides is 2. The molecule has 0 bridgehead atoms. The van der Waals surface area contributed by atoms with E-state index in [4.69, 9.17) is 0 Å². The number of hydrogen-bond donors (Lipinski definition) is 1. The Morgan fingerprint density at radius 1 is 1.15 bits per heavy atom. The Bertz CT molecular complexity index is 973. The van der Waals surface area contributed by atoms with Gasteiger partial charge in [0, 0.05) is 49.2 Å². The van der Waals surface area contributed by atoms with Crippen LogP contribution in [0.1, 0.15) is 11.1 Å². The van der Waals surface area contributed by atoms with Crippen molar-refractivity contribution < 1.29 is 9.59 Å². The molecule has 1 aromatic heterocycles. The highest BCUT2D eigenvalue weighted by Gasteiger charge is 2.35. The number of rotatable bonds is 2. The first-order valence-electron chi connectivity index (χ1n) is 9.54. The molecule has 2 aliphatic heterocycles. The molecule has 2 atom stereocenters. The number of hydrogen-bond acceptors (Lipinski definition) is 4. The van der Waals surface area contributed by atoms with E-state index in [0.717, 1.165) is 19.5 Å². The molecule has 27 heavy (non-hydrogen) atoms. The maximum absolute atomic E-state index is 11.7. The third kappa shape index (κ3) is 2.71. The van der Waals surface area contributed by atoms with Gasteiger partial charge in [-0.05, 0) is 36.2 Å². The van der Waals surface area contributed by atoms with E-state index in [0.29, 0.717) is 25.0 Å². The van der Waals surface area contributed by atoms with Crippen molar-refractivity contribution in [2.75, 3.05) is 33.2 Å². The van der Waals surface area contributed by atoms with Crippen LogP contribution in [-0.2, 0) is 23.1 Å². The SMILES string of the molecule is CN1C[C@H](CN2CC(=O)NC(=O)C2)C=C2c3cccc4c3c(cn4C)C[C@H]21. The van der Waals surface area contributed by atoms with Gasteiger partial charge in [0.15, 0.2) is 0 Å². The fourth-order valence-corrected chi connectivity index (χ4v) is 5.10. The number of imide groups is 1. The van der Waals surface area contributed by atoms with Crippen LogP contribution in [-0.4, -0.2) is 65.4 Å². The summed E-state index contributed by atoms with van der Waals surface area (Å²) in [6.45, 7) is 2.28. The monoisotopic (exact) mass is 364 g/mol. The van der Waals surface area contributed by atoms with Crippen molar-refractivity contribution in [1.82, 2.24) is 19.7 Å². The summed E-state index contributed by atoms with van der Waals surface area (Å²) in [7, 11) is 4.30. The van der Waals surface area contributed by atoms with Crippen molar-refractivity contribution in [3.05, 3.63) is 41.6 Å². The van der Waals surface area contributed by atoms with Crippen molar-refractivity contribution in [2.45, 2.75) is 12.5 Å². The molecule has 1 aromatic carbocycles. The maximum atomic E-state index is 11.7. The molecule has 1 N–H and O–H groups in total. The molecular weight excluding hydrogens is 340 g/mol. The minimum atomic E-state index is -0.197. The molecule has 3 heterocycles. The number of likely N-dealkylation sites (N-methyl/N-ethyl adjacent to an activating group) is 1. The Labute approximate surface area is 158 Å². The Kier molecular flexibility index (Phi) is 3.74. The zero-order valence-electron chi connectivity index (χ0n) is 15.7. The highest BCUT2D eigenvalue weighted by molar-refractivity contribution is 6.00. The van der Waals surface area contributed by atoms with Crippen LogP contribution in [0.15, 0.2) is 30.5 Å². The van der Waals surface area contributed by atoms with Crippen molar-refractivity contribution >= 4 is 28.3 Å². The first kappa shape index (κ1) is 16.7. The number of piperazine rings is 1. The number of fused-ring (bicyclic) bond motifs is 2. The molecule has 2 amide bonds. The lowest BCUT2D eigenvalue weighted by atomic mass is 9.80. The van der Waals surface area contributed by atoms with Gasteiger partial charge in [-0.3, -0.25) is 24.7 Å². The lowest BCUT2D eigenvalue weighted by molar-refractivity contribution is -0.136. The molecule has 0 unspecified atom stereocenters. The zero-order valence-corrected chi connectivity index (χ0v) is 15.7. The second-order valence-corrected chi connectivity index (χ2v) is 8.15. The number of carbonyl (C=O) groups is 2. The highest BCUT2D eigenvalue weighted by atomic mass is 16.2. The van der Waals surface area contributed by atoms with Crippen molar-refractivity contribution in [3.8, 4) is 0 Å². The minimum Gasteiger partial charge on any atom is -0.350 e. The van der Waals surface area contributed by atoms with Crippen LogP contribution < -0.4 is 5.32 Å². The standard InChI is InChI=1S/C21H24N4O2/c1-23-8-13(9-25-11-19(26)22-20(27)12-25)6-16-15-4-3-5-17-21(15)14(7-18(16)23)10-24(17)2/h3-6,10,13,18H,7-9,11-12H2,1-2H3,(H,22,26,27)/t13-,18-/m1/s1. The van der Waals surface area contributed by atoms with E-state index in [1.54, 1.807) is 0 Å². The van der Waals surface area contributed by atoms with Gasteiger partial charge in [0.25, 0.3) is 0 Å². The van der Waals surface area contributed by atoms with E-state index >= 15 is 0 Å². The van der Waals surface area contributed by atoms with Gasteiger partial charge < -0.3 is 4.57 Å². The van der Waals surface area contributed by atoms with E-state index in [2.05, 4.69) is 59.4 Å². The second kappa shape index (κ2) is 6.04. The average molecular weight is 364 g/mol. The van der Waals surface area contributed by atoms with E-state index in [-0.39, 0.29) is 11.8 Å². The fraction of sp³-hybridized carbons (Fsp3) is 0.429. The van der Waals surface area contributed by atoms with Gasteiger partial charge in [-0.2, -0.15) is 0 Å². The number of benzene rings is 1. The second-order valence-electron chi connectivity index (χ2n) is 8.15. The van der Waals surface area contributed by atoms with Crippen molar-refractivity contribution in [3.63, 3.8) is 0 Å². The maximum Gasteiger partial charge on any atom is 0.240 e. The summed E-state index contributed by atoms with van der Waals surface area (Å²) in [6, 6.07) is 6.96. The summed E-state index contributed by atoms with van der Waals surface area (Å²) >= 11 is 0. The van der Waals surface area contributed by atoms with E-state index < -0.39 is 0 Å². The van der Waals surface area contributed by atoms with Gasteiger partial charge in [0.2, 0.25) is 11.8 Å². The third-order valence-electron chi connectivity index (χ3n) is 6.15. The molecule has 0 spiro atoms. The molecule has 5 rings (SSSR count). The van der Waals surface area contributed by atoms with E-state index in [1.807, 2.05) is 4.90 Å². The molecule has 2 aromatic rings. The topological polar surface area (TPSA) is 57.6 Å². The average Bonchev–Trinajstić information content (AvgIpc) is 2.92. The number of nitrogens with one attached hydrogen (secondary N) is 1. The third-order valence-corrected chi connectivity index (χ3v) is 6.15. The van der Waals surface area contributed by atoms with Gasteiger partial charge in [0.1, 0.15) is 0 Å². The first-order valence-corrected chi connectivity index (χ1v) is 9.54. The summed E-state index contributed by atoms with van der Waals surface area (Å²) in [6.07, 6.45) is 5.70. The van der Waals surface area contributed by atoms with E-state index in [1.165, 1.54) is 27.6 Å². The Balaban J connectivity index is 1.50. The lowest BCUT2D eigenvalue weighted by Crippen LogP contribution is -2.53. The lowest BCUT2D eigenvalue weighted by Gasteiger charge is -2.41. The van der Waals surface area contributed by atoms with Crippen LogP contribution in [0.5, 0.6) is 0 Å². The molecule has 6 heteroatoms. The van der Waals surface area contributed by atoms with Gasteiger partial charge in [-0.1, -0.05) is 18.2 Å². The van der Waals surface area contributed by atoms with Crippen LogP contribution >= 0.6 is 0 Å². The molecule has 3 aliphatic rings. The Morgan fingerprint density at radius 2 is 1.93 bits per heavy atom. The van der Waals surface area contributed by atoms with Gasteiger partial charge in [-0.25, -0.2) is 0 Å². The number of aryl methyl sites for hydroxylation is 1. The summed E-state index contributed by atoms with van der Waals surface area (Å²) in [5, 5.41) is 3.76. The minimum absolute atomic E-state index is 0.197. The highest BCUT2D eigenvalue weighted by Crippen LogP contribution is 2.41. The smallest absolute Gasteiger partial charge is 0.240 e. The first-order chi connectivity index (χ1) is 13.0. The van der Waals surface area contributed by atoms with Crippen LogP contribution in [0.3, 0.4) is 0 Å². The molecule has 0 radical (unpaired) electrons. The Hall–Kier alpha value is -2.44. The van der Waals surface area contributed by atoms with E-state index in [9.17, 15) is 9.59 Å². The molecule has 1 fully saturated rings. The van der Waals surface area contributed by atoms with Crippen LogP contribution in [0.2, 0.25) is 0 Å². The van der Waals surface area contributed by atoms with Gasteiger partial charge in [-0.15, -0.1) is 0 Å². The molecule has 1 aliphatic carbocycles. The Morgan fingerprint density at radius 3 is 2.70 bits per heavy atom. The number of carbonyl (C=O) groups excluding carboxylic acids is 2. The van der Waals surface area contributed by atoms with Crippen LogP contribution in [0, 0.1) is 5.92 Å².